The molecule has 0 unspecified atom stereocenters. The molecule has 0 bridgehead atoms. The van der Waals surface area contributed by atoms with E-state index in [0.717, 1.165) is 11.1 Å². The summed E-state index contributed by atoms with van der Waals surface area (Å²) >= 11 is 0. The molecule has 2 N–H and O–H groups in total. The van der Waals surface area contributed by atoms with Crippen LogP contribution in [0.15, 0.2) is 60.7 Å². The summed E-state index contributed by atoms with van der Waals surface area (Å²) in [5.74, 6) is -0.518. The lowest BCUT2D eigenvalue weighted by molar-refractivity contribution is -0.148. The van der Waals surface area contributed by atoms with Gasteiger partial charge in [0.25, 0.3) is 0 Å². The second-order valence-electron chi connectivity index (χ2n) is 9.50. The summed E-state index contributed by atoms with van der Waals surface area (Å²) in [5, 5.41) is 14.5. The third-order valence-corrected chi connectivity index (χ3v) is 10.7. The first-order valence-electron chi connectivity index (χ1n) is 10.8. The van der Waals surface area contributed by atoms with Gasteiger partial charge in [0, 0.05) is 0 Å². The Morgan fingerprint density at radius 2 is 1.42 bits per heavy atom. The van der Waals surface area contributed by atoms with Gasteiger partial charge in [0.2, 0.25) is 0 Å². The fourth-order valence-electron chi connectivity index (χ4n) is 3.27. The smallest absolute Gasteiger partial charge is 0.325 e. The SMILES string of the molecule is COC(=O)[C@@H](NC(c1ccccc1)c1ccccc1)[C@H](O)[C@@H](C)O[Si](C)(C)C(C)(C)C. The topological polar surface area (TPSA) is 67.8 Å². The molecule has 0 amide bonds. The summed E-state index contributed by atoms with van der Waals surface area (Å²) in [6.45, 7) is 12.5. The zero-order valence-electron chi connectivity index (χ0n) is 19.8. The Hall–Kier alpha value is -1.99. The average Bonchev–Trinajstić information content (AvgIpc) is 2.73. The van der Waals surface area contributed by atoms with Gasteiger partial charge in [0.15, 0.2) is 8.32 Å². The van der Waals surface area contributed by atoms with Crippen molar-refractivity contribution in [1.82, 2.24) is 5.32 Å². The molecule has 0 radical (unpaired) electrons. The number of carbonyl (C=O) groups excluding carboxylic acids is 1. The van der Waals surface area contributed by atoms with E-state index in [1.165, 1.54) is 7.11 Å². The van der Waals surface area contributed by atoms with Crippen LogP contribution < -0.4 is 5.32 Å². The molecule has 0 aliphatic rings. The third kappa shape index (κ3) is 6.49. The van der Waals surface area contributed by atoms with Crippen LogP contribution in [0.3, 0.4) is 0 Å². The highest BCUT2D eigenvalue weighted by molar-refractivity contribution is 6.74. The molecule has 2 aromatic carbocycles. The van der Waals surface area contributed by atoms with Gasteiger partial charge in [-0.25, -0.2) is 0 Å². The fourth-order valence-corrected chi connectivity index (χ4v) is 4.69. The van der Waals surface area contributed by atoms with Gasteiger partial charge in [0.05, 0.1) is 19.3 Å². The normalized spacial score (nSPS) is 15.4. The van der Waals surface area contributed by atoms with Crippen molar-refractivity contribution in [3.05, 3.63) is 71.8 Å². The first-order valence-corrected chi connectivity index (χ1v) is 13.7. The number of hydrogen-bond donors (Lipinski definition) is 2. The second-order valence-corrected chi connectivity index (χ2v) is 14.3. The van der Waals surface area contributed by atoms with E-state index in [0.29, 0.717) is 0 Å². The van der Waals surface area contributed by atoms with E-state index in [9.17, 15) is 9.90 Å². The summed E-state index contributed by atoms with van der Waals surface area (Å²) in [7, 11) is -0.793. The van der Waals surface area contributed by atoms with Crippen LogP contribution in [0.5, 0.6) is 0 Å². The summed E-state index contributed by atoms with van der Waals surface area (Å²) in [4.78, 5) is 12.7. The number of nitrogens with one attached hydrogen (secondary N) is 1. The van der Waals surface area contributed by atoms with Gasteiger partial charge in [-0.05, 0) is 36.2 Å². The van der Waals surface area contributed by atoms with Gasteiger partial charge in [0.1, 0.15) is 12.1 Å². The van der Waals surface area contributed by atoms with Crippen LogP contribution in [0.2, 0.25) is 18.1 Å². The molecule has 31 heavy (non-hydrogen) atoms. The second kappa shape index (κ2) is 10.5. The van der Waals surface area contributed by atoms with Crippen molar-refractivity contribution < 1.29 is 19.1 Å². The van der Waals surface area contributed by atoms with Crippen LogP contribution in [-0.4, -0.2) is 44.8 Å². The molecule has 0 spiro atoms. The van der Waals surface area contributed by atoms with E-state index >= 15 is 0 Å². The number of ether oxygens (including phenoxy) is 1. The van der Waals surface area contributed by atoms with E-state index in [2.05, 4.69) is 39.2 Å². The Morgan fingerprint density at radius 3 is 1.81 bits per heavy atom. The number of carbonyl (C=O) groups is 1. The van der Waals surface area contributed by atoms with Crippen LogP contribution in [-0.2, 0) is 14.0 Å². The van der Waals surface area contributed by atoms with Crippen molar-refractivity contribution in [2.45, 2.75) is 70.1 Å². The molecular weight excluding hydrogens is 406 g/mol. The van der Waals surface area contributed by atoms with Crippen LogP contribution in [0, 0.1) is 0 Å². The van der Waals surface area contributed by atoms with Crippen molar-refractivity contribution >= 4 is 14.3 Å². The highest BCUT2D eigenvalue weighted by Gasteiger charge is 2.42. The first-order chi connectivity index (χ1) is 14.5. The monoisotopic (exact) mass is 443 g/mol. The Morgan fingerprint density at radius 1 is 0.968 bits per heavy atom. The van der Waals surface area contributed by atoms with Gasteiger partial charge in [-0.3, -0.25) is 10.1 Å². The molecule has 0 heterocycles. The number of aliphatic hydroxyl groups is 1. The van der Waals surface area contributed by atoms with Crippen molar-refractivity contribution in [3.8, 4) is 0 Å². The Balaban J connectivity index is 2.34. The molecule has 0 aliphatic carbocycles. The lowest BCUT2D eigenvalue weighted by Crippen LogP contribution is -2.55. The summed E-state index contributed by atoms with van der Waals surface area (Å²) in [5.41, 5.74) is 1.99. The molecule has 2 rings (SSSR count). The van der Waals surface area contributed by atoms with Crippen LogP contribution in [0.25, 0.3) is 0 Å². The Bertz CT molecular complexity index is 781. The third-order valence-electron chi connectivity index (χ3n) is 6.18. The van der Waals surface area contributed by atoms with E-state index in [1.807, 2.05) is 67.6 Å². The quantitative estimate of drug-likeness (QED) is 0.435. The molecule has 3 atom stereocenters. The van der Waals surface area contributed by atoms with Crippen molar-refractivity contribution in [2.24, 2.45) is 0 Å². The molecule has 0 saturated carbocycles. The summed E-state index contributed by atoms with van der Waals surface area (Å²) < 4.78 is 11.4. The van der Waals surface area contributed by atoms with Gasteiger partial charge in [-0.1, -0.05) is 81.4 Å². The van der Waals surface area contributed by atoms with Crippen molar-refractivity contribution in [3.63, 3.8) is 0 Å². The lowest BCUT2D eigenvalue weighted by Gasteiger charge is -2.40. The molecule has 6 heteroatoms. The number of hydrogen-bond acceptors (Lipinski definition) is 5. The molecule has 0 fully saturated rings. The van der Waals surface area contributed by atoms with Crippen molar-refractivity contribution in [2.75, 3.05) is 7.11 Å². The van der Waals surface area contributed by atoms with Crippen LogP contribution in [0.4, 0.5) is 0 Å². The molecule has 5 nitrogen and oxygen atoms in total. The minimum absolute atomic E-state index is 0.00815. The predicted octanol–water partition coefficient (Wildman–Crippen LogP) is 4.68. The largest absolute Gasteiger partial charge is 0.468 e. The predicted molar refractivity (Wildman–Crippen MR) is 127 cm³/mol. The van der Waals surface area contributed by atoms with E-state index in [4.69, 9.17) is 9.16 Å². The highest BCUT2D eigenvalue weighted by Crippen LogP contribution is 2.37. The first kappa shape index (κ1) is 25.3. The number of benzene rings is 2. The van der Waals surface area contributed by atoms with E-state index in [1.54, 1.807) is 0 Å². The lowest BCUT2D eigenvalue weighted by atomic mass is 9.96. The van der Waals surface area contributed by atoms with E-state index < -0.39 is 32.5 Å². The number of rotatable bonds is 9. The Labute approximate surface area is 187 Å². The minimum atomic E-state index is -2.13. The maximum atomic E-state index is 12.7. The maximum absolute atomic E-state index is 12.7. The standard InChI is InChI=1S/C25H37NO4Si/c1-18(30-31(6,7)25(2,3)4)23(27)22(24(28)29-5)26-21(19-14-10-8-11-15-19)20-16-12-9-13-17-20/h8-18,21-23,26-27H,1-7H3/t18-,22+,23-/m1/s1. The zero-order valence-corrected chi connectivity index (χ0v) is 20.8. The number of esters is 1. The fraction of sp³-hybridized carbons (Fsp3) is 0.480. The van der Waals surface area contributed by atoms with Crippen molar-refractivity contribution in [1.29, 1.82) is 0 Å². The average molecular weight is 444 g/mol. The maximum Gasteiger partial charge on any atom is 0.325 e. The van der Waals surface area contributed by atoms with Gasteiger partial charge >= 0.3 is 5.97 Å². The Kier molecular flexibility index (Phi) is 8.60. The number of methoxy groups -OCH3 is 1. The molecule has 0 aliphatic heterocycles. The molecule has 0 aromatic heterocycles. The van der Waals surface area contributed by atoms with Crippen LogP contribution >= 0.6 is 0 Å². The van der Waals surface area contributed by atoms with Gasteiger partial charge < -0.3 is 14.3 Å². The molecular formula is C25H37NO4Si. The molecule has 2 aromatic rings. The zero-order chi connectivity index (χ0) is 23.2. The highest BCUT2D eigenvalue weighted by atomic mass is 28.4. The van der Waals surface area contributed by atoms with E-state index in [-0.39, 0.29) is 11.1 Å². The minimum Gasteiger partial charge on any atom is -0.468 e. The molecule has 170 valence electrons. The summed E-state index contributed by atoms with van der Waals surface area (Å²) in [6, 6.07) is 18.5. The van der Waals surface area contributed by atoms with Crippen LogP contribution in [0.1, 0.15) is 44.9 Å². The molecule has 0 saturated heterocycles. The summed E-state index contributed by atoms with van der Waals surface area (Å²) in [6.07, 6.45) is -1.61. The van der Waals surface area contributed by atoms with Gasteiger partial charge in [-0.2, -0.15) is 0 Å². The number of aliphatic hydroxyl groups excluding tert-OH is 1. The van der Waals surface area contributed by atoms with Gasteiger partial charge in [-0.15, -0.1) is 0 Å².